The van der Waals surface area contributed by atoms with Gasteiger partial charge < -0.3 is 21.3 Å². The summed E-state index contributed by atoms with van der Waals surface area (Å²) < 4.78 is 52.9. The summed E-state index contributed by atoms with van der Waals surface area (Å²) in [5.74, 6) is -4.13. The molecule has 1 aliphatic rings. The summed E-state index contributed by atoms with van der Waals surface area (Å²) in [6.07, 6.45) is 2.02. The molecule has 34 heavy (non-hydrogen) atoms. The lowest BCUT2D eigenvalue weighted by Crippen LogP contribution is -2.51. The van der Waals surface area contributed by atoms with Gasteiger partial charge in [-0.15, -0.1) is 0 Å². The molecule has 6 nitrogen and oxygen atoms in total. The van der Waals surface area contributed by atoms with Crippen LogP contribution in [0.2, 0.25) is 0 Å². The fourth-order valence-electron chi connectivity index (χ4n) is 4.84. The number of anilines is 2. The van der Waals surface area contributed by atoms with Crippen molar-refractivity contribution in [3.8, 4) is 0 Å². The molecule has 1 saturated carbocycles. The van der Waals surface area contributed by atoms with E-state index in [9.17, 15) is 27.2 Å². The minimum Gasteiger partial charge on any atom is -0.337 e. The predicted molar refractivity (Wildman–Crippen MR) is 121 cm³/mol. The van der Waals surface area contributed by atoms with Gasteiger partial charge in [-0.3, -0.25) is 0 Å². The van der Waals surface area contributed by atoms with Crippen molar-refractivity contribution >= 4 is 23.4 Å². The monoisotopic (exact) mass is 480 g/mol. The Hall–Kier alpha value is -3.30. The topological polar surface area (TPSA) is 82.3 Å². The molecular weight excluding hydrogens is 452 g/mol. The third-order valence-electron chi connectivity index (χ3n) is 5.81. The Balaban J connectivity index is 1.58. The fraction of sp³-hybridized carbons (Fsp3) is 0.417. The number of rotatable bonds is 5. The number of urea groups is 2. The summed E-state index contributed by atoms with van der Waals surface area (Å²) in [7, 11) is 0. The average molecular weight is 481 g/mol. The van der Waals surface area contributed by atoms with Crippen molar-refractivity contribution in [2.24, 2.45) is 10.8 Å². The van der Waals surface area contributed by atoms with E-state index in [1.807, 2.05) is 6.92 Å². The van der Waals surface area contributed by atoms with E-state index in [0.717, 1.165) is 30.7 Å². The molecule has 2 aromatic carbocycles. The number of halogens is 4. The summed E-state index contributed by atoms with van der Waals surface area (Å²) in [5, 5.41) is 10.6. The van der Waals surface area contributed by atoms with Crippen LogP contribution in [0.25, 0.3) is 0 Å². The highest BCUT2D eigenvalue weighted by Gasteiger charge is 2.41. The highest BCUT2D eigenvalue weighted by molar-refractivity contribution is 5.90. The number of carbonyl (C=O) groups excluding carboxylic acids is 2. The molecule has 4 N–H and O–H groups in total. The van der Waals surface area contributed by atoms with Gasteiger partial charge in [0.05, 0.1) is 0 Å². The zero-order chi connectivity index (χ0) is 25.1. The number of amides is 4. The fourth-order valence-corrected chi connectivity index (χ4v) is 4.84. The molecule has 1 aliphatic carbocycles. The molecule has 2 atom stereocenters. The molecule has 0 aromatic heterocycles. The standard InChI is InChI=1S/C24H28F4N4O2/c1-23(2)10-16(32-22(34)31-15-5-7-18(26)20(28)9-15)11-24(3,12-23)13-29-21(33)30-14-4-6-17(25)19(27)8-14/h4-9,16H,10-13H2,1-3H3,(H2,29,30,33)(H2,31,32,34). The molecule has 2 aromatic rings. The van der Waals surface area contributed by atoms with Crippen LogP contribution in [0.15, 0.2) is 36.4 Å². The lowest BCUT2D eigenvalue weighted by molar-refractivity contribution is 0.0761. The summed E-state index contributed by atoms with van der Waals surface area (Å²) in [5.41, 5.74) is -0.262. The Morgan fingerprint density at radius 3 is 1.88 bits per heavy atom. The average Bonchev–Trinajstić information content (AvgIpc) is 2.70. The SMILES string of the molecule is CC1(C)CC(NC(=O)Nc2ccc(F)c(F)c2)CC(C)(CNC(=O)Nc2ccc(F)c(F)c2)C1. The van der Waals surface area contributed by atoms with Crippen molar-refractivity contribution in [1.29, 1.82) is 0 Å². The van der Waals surface area contributed by atoms with Crippen LogP contribution in [-0.4, -0.2) is 24.6 Å². The Bertz CT molecular complexity index is 1080. The van der Waals surface area contributed by atoms with Crippen LogP contribution in [0.1, 0.15) is 40.0 Å². The van der Waals surface area contributed by atoms with Gasteiger partial charge in [0.15, 0.2) is 23.3 Å². The number of carbonyl (C=O) groups is 2. The van der Waals surface area contributed by atoms with E-state index in [2.05, 4.69) is 35.1 Å². The van der Waals surface area contributed by atoms with E-state index < -0.39 is 35.3 Å². The van der Waals surface area contributed by atoms with Crippen LogP contribution < -0.4 is 21.3 Å². The maximum atomic E-state index is 13.4. The third-order valence-corrected chi connectivity index (χ3v) is 5.81. The maximum Gasteiger partial charge on any atom is 0.319 e. The molecule has 0 spiro atoms. The van der Waals surface area contributed by atoms with Gasteiger partial charge in [-0.1, -0.05) is 20.8 Å². The first-order chi connectivity index (χ1) is 15.8. The van der Waals surface area contributed by atoms with E-state index in [1.165, 1.54) is 12.1 Å². The van der Waals surface area contributed by atoms with Crippen LogP contribution in [-0.2, 0) is 0 Å². The lowest BCUT2D eigenvalue weighted by Gasteiger charge is -2.46. The summed E-state index contributed by atoms with van der Waals surface area (Å²) in [6.45, 7) is 6.41. The second-order valence-corrected chi connectivity index (χ2v) is 9.92. The quantitative estimate of drug-likeness (QED) is 0.410. The number of hydrogen-bond donors (Lipinski definition) is 4. The molecule has 184 valence electrons. The molecule has 2 unspecified atom stereocenters. The van der Waals surface area contributed by atoms with Crippen molar-refractivity contribution in [2.75, 3.05) is 17.2 Å². The van der Waals surface area contributed by atoms with Crippen LogP contribution in [0.5, 0.6) is 0 Å². The van der Waals surface area contributed by atoms with Crippen LogP contribution in [0, 0.1) is 34.1 Å². The van der Waals surface area contributed by atoms with Crippen LogP contribution >= 0.6 is 0 Å². The van der Waals surface area contributed by atoms with Gasteiger partial charge in [0.25, 0.3) is 0 Å². The smallest absolute Gasteiger partial charge is 0.319 e. The lowest BCUT2D eigenvalue weighted by atomic mass is 9.62. The number of nitrogens with one attached hydrogen (secondary N) is 4. The van der Waals surface area contributed by atoms with Gasteiger partial charge in [0, 0.05) is 36.1 Å². The summed E-state index contributed by atoms with van der Waals surface area (Å²) in [4.78, 5) is 24.7. The molecule has 0 radical (unpaired) electrons. The van der Waals surface area contributed by atoms with Crippen molar-refractivity contribution in [2.45, 2.75) is 46.1 Å². The van der Waals surface area contributed by atoms with Crippen molar-refractivity contribution in [3.05, 3.63) is 59.7 Å². The first-order valence-electron chi connectivity index (χ1n) is 10.9. The van der Waals surface area contributed by atoms with Gasteiger partial charge >= 0.3 is 12.1 Å². The highest BCUT2D eigenvalue weighted by atomic mass is 19.2. The Morgan fingerprint density at radius 2 is 1.35 bits per heavy atom. The van der Waals surface area contributed by atoms with Gasteiger partial charge in [0.2, 0.25) is 0 Å². The van der Waals surface area contributed by atoms with E-state index in [-0.39, 0.29) is 34.8 Å². The molecular formula is C24H28F4N4O2. The van der Waals surface area contributed by atoms with Crippen LogP contribution in [0.4, 0.5) is 38.5 Å². The summed E-state index contributed by atoms with van der Waals surface area (Å²) in [6, 6.07) is 4.86. The Labute approximate surface area is 195 Å². The molecule has 4 amide bonds. The van der Waals surface area contributed by atoms with E-state index >= 15 is 0 Å². The Kier molecular flexibility index (Phi) is 7.38. The summed E-state index contributed by atoms with van der Waals surface area (Å²) >= 11 is 0. The third kappa shape index (κ3) is 6.85. The minimum atomic E-state index is -1.06. The first kappa shape index (κ1) is 25.3. The van der Waals surface area contributed by atoms with Gasteiger partial charge in [-0.25, -0.2) is 27.2 Å². The minimum absolute atomic E-state index is 0.124. The van der Waals surface area contributed by atoms with Crippen molar-refractivity contribution in [1.82, 2.24) is 10.6 Å². The first-order valence-corrected chi connectivity index (χ1v) is 10.9. The largest absolute Gasteiger partial charge is 0.337 e. The molecule has 0 heterocycles. The second-order valence-electron chi connectivity index (χ2n) is 9.92. The molecule has 1 fully saturated rings. The van der Waals surface area contributed by atoms with E-state index in [0.29, 0.717) is 12.8 Å². The van der Waals surface area contributed by atoms with Gasteiger partial charge in [-0.05, 0) is 54.4 Å². The van der Waals surface area contributed by atoms with Crippen molar-refractivity contribution < 1.29 is 27.2 Å². The van der Waals surface area contributed by atoms with Gasteiger partial charge in [0.1, 0.15) is 0 Å². The highest BCUT2D eigenvalue weighted by Crippen LogP contribution is 2.45. The maximum absolute atomic E-state index is 13.4. The second kappa shape index (κ2) is 9.90. The van der Waals surface area contributed by atoms with E-state index in [1.54, 1.807) is 0 Å². The van der Waals surface area contributed by atoms with E-state index in [4.69, 9.17) is 0 Å². The van der Waals surface area contributed by atoms with Crippen LogP contribution in [0.3, 0.4) is 0 Å². The molecule has 0 bridgehead atoms. The Morgan fingerprint density at radius 1 is 0.824 bits per heavy atom. The predicted octanol–water partition coefficient (Wildman–Crippen LogP) is 5.77. The number of hydrogen-bond acceptors (Lipinski definition) is 2. The van der Waals surface area contributed by atoms with Crippen molar-refractivity contribution in [3.63, 3.8) is 0 Å². The normalized spacial score (nSPS) is 21.4. The molecule has 0 saturated heterocycles. The number of benzene rings is 2. The molecule has 10 heteroatoms. The molecule has 0 aliphatic heterocycles. The zero-order valence-corrected chi connectivity index (χ0v) is 19.2. The zero-order valence-electron chi connectivity index (χ0n) is 19.2. The van der Waals surface area contributed by atoms with Gasteiger partial charge in [-0.2, -0.15) is 0 Å². The molecule has 3 rings (SSSR count).